The van der Waals surface area contributed by atoms with Crippen molar-refractivity contribution in [2.75, 3.05) is 0 Å². The minimum atomic E-state index is -0.0968. The summed E-state index contributed by atoms with van der Waals surface area (Å²) in [6, 6.07) is 8.12. The highest BCUT2D eigenvalue weighted by Crippen LogP contribution is 2.62. The van der Waals surface area contributed by atoms with E-state index in [1.165, 1.54) is 6.42 Å². The van der Waals surface area contributed by atoms with Crippen LogP contribution in [0.4, 0.5) is 0 Å². The molecule has 1 heterocycles. The zero-order chi connectivity index (χ0) is 13.0. The summed E-state index contributed by atoms with van der Waals surface area (Å²) >= 11 is 0. The van der Waals surface area contributed by atoms with Gasteiger partial charge in [0.2, 0.25) is 0 Å². The summed E-state index contributed by atoms with van der Waals surface area (Å²) in [6.45, 7) is 0. The van der Waals surface area contributed by atoms with Crippen LogP contribution in [0.1, 0.15) is 31.4 Å². The molecule has 2 fully saturated rings. The van der Waals surface area contributed by atoms with Crippen molar-refractivity contribution in [3.8, 4) is 0 Å². The lowest BCUT2D eigenvalue weighted by Gasteiger charge is -2.26. The molecule has 2 saturated carbocycles. The Labute approximate surface area is 111 Å². The van der Waals surface area contributed by atoms with Crippen LogP contribution in [0.3, 0.4) is 0 Å². The van der Waals surface area contributed by atoms with Crippen LogP contribution in [0.2, 0.25) is 0 Å². The number of aromatic nitrogens is 2. The molecule has 3 N–H and O–H groups in total. The summed E-state index contributed by atoms with van der Waals surface area (Å²) in [5, 5.41) is 8.83. The summed E-state index contributed by atoms with van der Waals surface area (Å²) in [6.07, 6.45) is 4.42. The third kappa shape index (κ3) is 1.49. The number of hydrogen-bond donors (Lipinski definition) is 2. The summed E-state index contributed by atoms with van der Waals surface area (Å²) in [5.41, 5.74) is 7.21. The highest BCUT2D eigenvalue weighted by Gasteiger charge is 2.58. The maximum absolute atomic E-state index is 11.8. The van der Waals surface area contributed by atoms with Gasteiger partial charge in [0.05, 0.1) is 11.1 Å². The number of nitrogens with two attached hydrogens (primary N) is 1. The molecule has 19 heavy (non-hydrogen) atoms. The summed E-state index contributed by atoms with van der Waals surface area (Å²) in [7, 11) is 0. The molecule has 1 unspecified atom stereocenters. The van der Waals surface area contributed by atoms with Gasteiger partial charge < -0.3 is 5.73 Å². The fourth-order valence-corrected chi connectivity index (χ4v) is 3.82. The Hall–Kier alpha value is -1.68. The van der Waals surface area contributed by atoms with Crippen molar-refractivity contribution in [2.45, 2.75) is 37.1 Å². The van der Waals surface area contributed by atoms with Gasteiger partial charge in [-0.05, 0) is 37.7 Å². The molecule has 4 nitrogen and oxygen atoms in total. The van der Waals surface area contributed by atoms with Crippen LogP contribution >= 0.6 is 0 Å². The third-order valence-electron chi connectivity index (χ3n) is 4.95. The Morgan fingerprint density at radius 1 is 1.32 bits per heavy atom. The van der Waals surface area contributed by atoms with E-state index < -0.39 is 0 Å². The van der Waals surface area contributed by atoms with Crippen LogP contribution in [0.15, 0.2) is 29.1 Å². The van der Waals surface area contributed by atoms with Crippen LogP contribution in [-0.2, 0) is 5.41 Å². The van der Waals surface area contributed by atoms with Gasteiger partial charge in [-0.1, -0.05) is 18.2 Å². The molecule has 4 rings (SSSR count). The van der Waals surface area contributed by atoms with Gasteiger partial charge in [-0.15, -0.1) is 0 Å². The zero-order valence-electron chi connectivity index (χ0n) is 10.7. The maximum atomic E-state index is 11.8. The van der Waals surface area contributed by atoms with E-state index in [9.17, 15) is 4.79 Å². The minimum Gasteiger partial charge on any atom is -0.328 e. The van der Waals surface area contributed by atoms with E-state index in [1.807, 2.05) is 24.3 Å². The molecular formula is C15H17N3O. The van der Waals surface area contributed by atoms with Gasteiger partial charge in [0.25, 0.3) is 5.56 Å². The number of rotatable bonds is 1. The minimum absolute atomic E-state index is 0.0968. The number of H-pyrrole nitrogens is 1. The van der Waals surface area contributed by atoms with Gasteiger partial charge >= 0.3 is 0 Å². The Morgan fingerprint density at radius 3 is 2.89 bits per heavy atom. The predicted octanol–water partition coefficient (Wildman–Crippen LogP) is 1.69. The normalized spacial score (nSPS) is 33.1. The number of benzene rings is 1. The van der Waals surface area contributed by atoms with E-state index in [1.54, 1.807) is 0 Å². The predicted molar refractivity (Wildman–Crippen MR) is 74.0 cm³/mol. The smallest absolute Gasteiger partial charge is 0.272 e. The molecule has 0 amide bonds. The number of nitrogens with one attached hydrogen (secondary N) is 1. The highest BCUT2D eigenvalue weighted by molar-refractivity contribution is 5.84. The molecule has 2 aliphatic rings. The summed E-state index contributed by atoms with van der Waals surface area (Å²) in [5.74, 6) is 0.651. The van der Waals surface area contributed by atoms with Crippen LogP contribution in [0, 0.1) is 5.92 Å². The average Bonchev–Trinajstić information content (AvgIpc) is 3.14. The second-order valence-corrected chi connectivity index (χ2v) is 6.04. The van der Waals surface area contributed by atoms with Crippen molar-refractivity contribution in [1.29, 1.82) is 0 Å². The molecule has 0 spiro atoms. The van der Waals surface area contributed by atoms with Crippen molar-refractivity contribution in [3.63, 3.8) is 0 Å². The van der Waals surface area contributed by atoms with Crippen molar-refractivity contribution >= 4 is 10.8 Å². The first-order valence-electron chi connectivity index (χ1n) is 6.94. The number of hydrogen-bond acceptors (Lipinski definition) is 3. The van der Waals surface area contributed by atoms with E-state index in [0.717, 1.165) is 35.7 Å². The maximum Gasteiger partial charge on any atom is 0.272 e. The van der Waals surface area contributed by atoms with E-state index >= 15 is 0 Å². The lowest BCUT2D eigenvalue weighted by Crippen LogP contribution is -2.30. The largest absolute Gasteiger partial charge is 0.328 e. The molecule has 98 valence electrons. The topological polar surface area (TPSA) is 71.8 Å². The first-order valence-corrected chi connectivity index (χ1v) is 6.94. The summed E-state index contributed by atoms with van der Waals surface area (Å²) in [4.78, 5) is 11.8. The van der Waals surface area contributed by atoms with Crippen LogP contribution in [0.5, 0.6) is 0 Å². The average molecular weight is 255 g/mol. The van der Waals surface area contributed by atoms with Gasteiger partial charge in [-0.2, -0.15) is 5.10 Å². The third-order valence-corrected chi connectivity index (χ3v) is 4.95. The van der Waals surface area contributed by atoms with Gasteiger partial charge in [0, 0.05) is 16.8 Å². The highest BCUT2D eigenvalue weighted by atomic mass is 16.1. The van der Waals surface area contributed by atoms with E-state index in [2.05, 4.69) is 10.2 Å². The van der Waals surface area contributed by atoms with Gasteiger partial charge in [0.15, 0.2) is 0 Å². The lowest BCUT2D eigenvalue weighted by atomic mass is 9.82. The monoisotopic (exact) mass is 255 g/mol. The Morgan fingerprint density at radius 2 is 2.11 bits per heavy atom. The molecular weight excluding hydrogens is 238 g/mol. The molecule has 1 aromatic heterocycles. The standard InChI is InChI=1S/C15H17N3O/c16-10-5-6-15(8-9(15)7-10)13-11-3-1-2-4-12(11)14(19)18-17-13/h1-4,9-10H,5-8,16H2,(H,18,19)/t9?,10-,15+/m0/s1. The van der Waals surface area contributed by atoms with Gasteiger partial charge in [0.1, 0.15) is 0 Å². The molecule has 2 aliphatic carbocycles. The van der Waals surface area contributed by atoms with E-state index in [0.29, 0.717) is 12.0 Å². The van der Waals surface area contributed by atoms with Crippen LogP contribution in [0.25, 0.3) is 10.8 Å². The second kappa shape index (κ2) is 3.67. The Kier molecular flexibility index (Phi) is 2.16. The molecule has 0 aliphatic heterocycles. The molecule has 1 aromatic carbocycles. The van der Waals surface area contributed by atoms with Crippen molar-refractivity contribution < 1.29 is 0 Å². The lowest BCUT2D eigenvalue weighted by molar-refractivity contribution is 0.378. The van der Waals surface area contributed by atoms with Crippen molar-refractivity contribution in [3.05, 3.63) is 40.3 Å². The molecule has 4 heteroatoms. The Balaban J connectivity index is 1.90. The van der Waals surface area contributed by atoms with Gasteiger partial charge in [-0.3, -0.25) is 4.79 Å². The zero-order valence-corrected chi connectivity index (χ0v) is 10.7. The molecule has 0 saturated heterocycles. The second-order valence-electron chi connectivity index (χ2n) is 6.04. The first-order chi connectivity index (χ1) is 9.21. The van der Waals surface area contributed by atoms with Crippen LogP contribution < -0.4 is 11.3 Å². The fraction of sp³-hybridized carbons (Fsp3) is 0.467. The SMILES string of the molecule is N[C@H]1CC[C@@]2(c3n[nH]c(=O)c4ccccc34)CC2C1. The Bertz CT molecular complexity index is 708. The molecule has 2 aromatic rings. The van der Waals surface area contributed by atoms with E-state index in [4.69, 9.17) is 5.73 Å². The van der Waals surface area contributed by atoms with Crippen molar-refractivity contribution in [2.24, 2.45) is 11.7 Å². The van der Waals surface area contributed by atoms with Crippen molar-refractivity contribution in [1.82, 2.24) is 10.2 Å². The molecule has 0 bridgehead atoms. The fourth-order valence-electron chi connectivity index (χ4n) is 3.82. The quantitative estimate of drug-likeness (QED) is 0.814. The number of nitrogens with zero attached hydrogens (tertiary/aromatic N) is 1. The first kappa shape index (κ1) is 11.2. The number of aromatic amines is 1. The van der Waals surface area contributed by atoms with Gasteiger partial charge in [-0.25, -0.2) is 5.10 Å². The molecule has 3 atom stereocenters. The van der Waals surface area contributed by atoms with E-state index in [-0.39, 0.29) is 11.0 Å². The summed E-state index contributed by atoms with van der Waals surface area (Å²) < 4.78 is 0. The number of fused-ring (bicyclic) bond motifs is 2. The van der Waals surface area contributed by atoms with Crippen LogP contribution in [-0.4, -0.2) is 16.2 Å². The molecule has 0 radical (unpaired) electrons.